The summed E-state index contributed by atoms with van der Waals surface area (Å²) in [5.74, 6) is 0.713. The summed E-state index contributed by atoms with van der Waals surface area (Å²) in [5.41, 5.74) is 0.341. The molecule has 0 spiro atoms. The van der Waals surface area contributed by atoms with E-state index in [9.17, 15) is 0 Å². The lowest BCUT2D eigenvalue weighted by atomic mass is 10.4. The van der Waals surface area contributed by atoms with Crippen molar-refractivity contribution in [2.24, 2.45) is 0 Å². The molecule has 0 aliphatic carbocycles. The Morgan fingerprint density at radius 1 is 1.57 bits per heavy atom. The first kappa shape index (κ1) is 10.8. The van der Waals surface area contributed by atoms with Crippen molar-refractivity contribution in [2.75, 3.05) is 18.1 Å². The van der Waals surface area contributed by atoms with Crippen molar-refractivity contribution in [3.63, 3.8) is 0 Å². The van der Waals surface area contributed by atoms with Gasteiger partial charge in [-0.25, -0.2) is 0 Å². The van der Waals surface area contributed by atoms with Gasteiger partial charge >= 0.3 is 0 Å². The van der Waals surface area contributed by atoms with E-state index in [4.69, 9.17) is 5.26 Å². The molecule has 1 rings (SSSR count). The second-order valence-electron chi connectivity index (χ2n) is 2.84. The highest BCUT2D eigenvalue weighted by molar-refractivity contribution is 7.99. The van der Waals surface area contributed by atoms with Crippen LogP contribution < -0.4 is 5.32 Å². The highest BCUT2D eigenvalue weighted by Crippen LogP contribution is 2.07. The minimum absolute atomic E-state index is 0.341. The molecule has 0 radical (unpaired) electrons. The Balaban J connectivity index is 2.49. The molecule has 1 atom stereocenters. The van der Waals surface area contributed by atoms with E-state index in [0.29, 0.717) is 16.8 Å². The zero-order chi connectivity index (χ0) is 10.4. The Bertz CT molecular complexity index is 317. The molecular formula is C9H12N4S. The monoisotopic (exact) mass is 208 g/mol. The van der Waals surface area contributed by atoms with Gasteiger partial charge in [-0.3, -0.25) is 0 Å². The molecule has 0 saturated carbocycles. The topological polar surface area (TPSA) is 61.6 Å². The maximum atomic E-state index is 8.51. The first-order chi connectivity index (χ1) is 6.76. The van der Waals surface area contributed by atoms with Gasteiger partial charge < -0.3 is 5.32 Å². The standard InChI is InChI=1S/C9H12N4S/c1-7(14-2)6-11-9-4-3-8(5-10)12-13-9/h3-4,7H,6H2,1-2H3,(H,11,13). The Hall–Kier alpha value is -1.28. The summed E-state index contributed by atoms with van der Waals surface area (Å²) >= 11 is 1.79. The summed E-state index contributed by atoms with van der Waals surface area (Å²) in [6.07, 6.45) is 2.07. The Morgan fingerprint density at radius 3 is 2.86 bits per heavy atom. The van der Waals surface area contributed by atoms with Crippen LogP contribution in [-0.4, -0.2) is 28.2 Å². The Kier molecular flexibility index (Phi) is 4.20. The molecule has 1 unspecified atom stereocenters. The van der Waals surface area contributed by atoms with Crippen LogP contribution in [0.5, 0.6) is 0 Å². The molecule has 0 aromatic carbocycles. The van der Waals surface area contributed by atoms with Crippen molar-refractivity contribution in [3.05, 3.63) is 17.8 Å². The van der Waals surface area contributed by atoms with E-state index in [2.05, 4.69) is 28.7 Å². The Labute approximate surface area is 87.7 Å². The van der Waals surface area contributed by atoms with E-state index in [1.54, 1.807) is 23.9 Å². The van der Waals surface area contributed by atoms with Crippen LogP contribution >= 0.6 is 11.8 Å². The van der Waals surface area contributed by atoms with Gasteiger partial charge in [0.1, 0.15) is 11.9 Å². The average Bonchev–Trinajstić information content (AvgIpc) is 2.26. The van der Waals surface area contributed by atoms with E-state index < -0.39 is 0 Å². The van der Waals surface area contributed by atoms with E-state index in [1.807, 2.05) is 6.07 Å². The average molecular weight is 208 g/mol. The van der Waals surface area contributed by atoms with Crippen molar-refractivity contribution >= 4 is 17.6 Å². The summed E-state index contributed by atoms with van der Waals surface area (Å²) in [5, 5.41) is 19.8. The van der Waals surface area contributed by atoms with E-state index >= 15 is 0 Å². The molecular weight excluding hydrogens is 196 g/mol. The van der Waals surface area contributed by atoms with Crippen molar-refractivity contribution in [2.45, 2.75) is 12.2 Å². The second-order valence-corrected chi connectivity index (χ2v) is 4.12. The summed E-state index contributed by atoms with van der Waals surface area (Å²) in [6, 6.07) is 5.34. The highest BCUT2D eigenvalue weighted by atomic mass is 32.2. The largest absolute Gasteiger partial charge is 0.367 e. The molecule has 74 valence electrons. The number of aromatic nitrogens is 2. The van der Waals surface area contributed by atoms with Gasteiger partial charge in [0.2, 0.25) is 0 Å². The van der Waals surface area contributed by atoms with Crippen LogP contribution in [0.15, 0.2) is 12.1 Å². The minimum Gasteiger partial charge on any atom is -0.367 e. The number of hydrogen-bond donors (Lipinski definition) is 1. The van der Waals surface area contributed by atoms with Gasteiger partial charge in [0.15, 0.2) is 5.69 Å². The smallest absolute Gasteiger partial charge is 0.163 e. The van der Waals surface area contributed by atoms with Crippen molar-refractivity contribution in [3.8, 4) is 6.07 Å². The second kappa shape index (κ2) is 5.45. The molecule has 0 aliphatic rings. The zero-order valence-corrected chi connectivity index (χ0v) is 9.01. The third-order valence-corrected chi connectivity index (χ3v) is 2.72. The van der Waals surface area contributed by atoms with Crippen LogP contribution in [0.3, 0.4) is 0 Å². The third-order valence-electron chi connectivity index (χ3n) is 1.75. The van der Waals surface area contributed by atoms with Crippen LogP contribution in [0.1, 0.15) is 12.6 Å². The Morgan fingerprint density at radius 2 is 2.36 bits per heavy atom. The maximum absolute atomic E-state index is 8.51. The number of nitriles is 1. The molecule has 14 heavy (non-hydrogen) atoms. The molecule has 0 fully saturated rings. The number of nitrogens with zero attached hydrogens (tertiary/aromatic N) is 3. The van der Waals surface area contributed by atoms with Crippen LogP contribution in [-0.2, 0) is 0 Å². The molecule has 1 heterocycles. The summed E-state index contributed by atoms with van der Waals surface area (Å²) in [4.78, 5) is 0. The van der Waals surface area contributed by atoms with Gasteiger partial charge in [-0.15, -0.1) is 10.2 Å². The molecule has 0 amide bonds. The van der Waals surface area contributed by atoms with Crippen LogP contribution in [0.25, 0.3) is 0 Å². The van der Waals surface area contributed by atoms with Crippen LogP contribution in [0.4, 0.5) is 5.82 Å². The molecule has 4 nitrogen and oxygen atoms in total. The van der Waals surface area contributed by atoms with Crippen molar-refractivity contribution < 1.29 is 0 Å². The predicted molar refractivity (Wildman–Crippen MR) is 58.2 cm³/mol. The lowest BCUT2D eigenvalue weighted by molar-refractivity contribution is 0.952. The van der Waals surface area contributed by atoms with Crippen molar-refractivity contribution in [1.82, 2.24) is 10.2 Å². The summed E-state index contributed by atoms with van der Waals surface area (Å²) < 4.78 is 0. The number of anilines is 1. The van der Waals surface area contributed by atoms with Gasteiger partial charge in [0.05, 0.1) is 0 Å². The molecule has 0 bridgehead atoms. The quantitative estimate of drug-likeness (QED) is 0.812. The van der Waals surface area contributed by atoms with Crippen LogP contribution in [0, 0.1) is 11.3 Å². The van der Waals surface area contributed by atoms with E-state index in [1.165, 1.54) is 0 Å². The van der Waals surface area contributed by atoms with Crippen LogP contribution in [0.2, 0.25) is 0 Å². The van der Waals surface area contributed by atoms with Gasteiger partial charge in [-0.1, -0.05) is 6.92 Å². The predicted octanol–water partition coefficient (Wildman–Crippen LogP) is 1.51. The minimum atomic E-state index is 0.341. The lowest BCUT2D eigenvalue weighted by Gasteiger charge is -2.09. The van der Waals surface area contributed by atoms with E-state index in [0.717, 1.165) is 6.54 Å². The summed E-state index contributed by atoms with van der Waals surface area (Å²) in [6.45, 7) is 2.98. The fraction of sp³-hybridized carbons (Fsp3) is 0.444. The molecule has 1 aromatic rings. The zero-order valence-electron chi connectivity index (χ0n) is 8.19. The SMILES string of the molecule is CSC(C)CNc1ccc(C#N)nn1. The maximum Gasteiger partial charge on any atom is 0.163 e. The van der Waals surface area contributed by atoms with Crippen molar-refractivity contribution in [1.29, 1.82) is 5.26 Å². The van der Waals surface area contributed by atoms with Gasteiger partial charge in [0.25, 0.3) is 0 Å². The normalized spacial score (nSPS) is 11.8. The highest BCUT2D eigenvalue weighted by Gasteiger charge is 2.00. The fourth-order valence-corrected chi connectivity index (χ4v) is 1.07. The first-order valence-corrected chi connectivity index (χ1v) is 5.55. The molecule has 1 N–H and O–H groups in total. The lowest BCUT2D eigenvalue weighted by Crippen LogP contribution is -2.13. The van der Waals surface area contributed by atoms with E-state index in [-0.39, 0.29) is 0 Å². The first-order valence-electron chi connectivity index (χ1n) is 4.26. The number of thioether (sulfide) groups is 1. The molecule has 5 heteroatoms. The third kappa shape index (κ3) is 3.23. The fourth-order valence-electron chi connectivity index (χ4n) is 0.818. The van der Waals surface area contributed by atoms with Gasteiger partial charge in [-0.05, 0) is 18.4 Å². The number of rotatable bonds is 4. The van der Waals surface area contributed by atoms with Gasteiger partial charge in [-0.2, -0.15) is 17.0 Å². The molecule has 0 saturated heterocycles. The molecule has 0 aliphatic heterocycles. The number of hydrogen-bond acceptors (Lipinski definition) is 5. The van der Waals surface area contributed by atoms with Gasteiger partial charge in [0, 0.05) is 11.8 Å². The molecule has 1 aromatic heterocycles. The summed E-state index contributed by atoms with van der Waals surface area (Å²) in [7, 11) is 0. The number of nitrogens with one attached hydrogen (secondary N) is 1.